The van der Waals surface area contributed by atoms with Gasteiger partial charge in [0.25, 0.3) is 0 Å². The zero-order chi connectivity index (χ0) is 13.3. The monoisotopic (exact) mass is 264 g/mol. The smallest absolute Gasteiger partial charge is 0.131 e. The largest absolute Gasteiger partial charge is 0.352 e. The number of aromatic nitrogens is 2. The van der Waals surface area contributed by atoms with Gasteiger partial charge in [0.15, 0.2) is 0 Å². The van der Waals surface area contributed by atoms with Crippen molar-refractivity contribution in [2.24, 2.45) is 12.8 Å². The molecule has 98 valence electrons. The van der Waals surface area contributed by atoms with Crippen LogP contribution >= 0.6 is 11.3 Å². The molecule has 0 aliphatic rings. The van der Waals surface area contributed by atoms with Gasteiger partial charge in [-0.15, -0.1) is 11.3 Å². The lowest BCUT2D eigenvalue weighted by atomic mass is 10.2. The van der Waals surface area contributed by atoms with Crippen LogP contribution in [0, 0.1) is 6.92 Å². The third-order valence-electron chi connectivity index (χ3n) is 3.39. The summed E-state index contributed by atoms with van der Waals surface area (Å²) in [5.41, 5.74) is 7.99. The number of hydrogen-bond acceptors (Lipinski definition) is 4. The van der Waals surface area contributed by atoms with Crippen LogP contribution in [0.2, 0.25) is 0 Å². The Morgan fingerprint density at radius 2 is 2.28 bits per heavy atom. The molecule has 2 N–H and O–H groups in total. The molecule has 0 bridgehead atoms. The van der Waals surface area contributed by atoms with Gasteiger partial charge in [-0.3, -0.25) is 4.68 Å². The summed E-state index contributed by atoms with van der Waals surface area (Å²) in [4.78, 5) is 3.59. The van der Waals surface area contributed by atoms with Crippen molar-refractivity contribution >= 4 is 17.2 Å². The molecule has 4 nitrogen and oxygen atoms in total. The highest BCUT2D eigenvalue weighted by Gasteiger charge is 2.20. The lowest BCUT2D eigenvalue weighted by Gasteiger charge is -2.27. The SMILES string of the molecule is Cc1nn(C)c(N(C)C(C)c2cccs2)c1CN. The van der Waals surface area contributed by atoms with Crippen LogP contribution in [0.4, 0.5) is 5.82 Å². The first-order valence-electron chi connectivity index (χ1n) is 6.05. The molecule has 0 aliphatic heterocycles. The predicted molar refractivity (Wildman–Crippen MR) is 77.0 cm³/mol. The Hall–Kier alpha value is -1.33. The van der Waals surface area contributed by atoms with Gasteiger partial charge in [0.05, 0.1) is 11.7 Å². The maximum Gasteiger partial charge on any atom is 0.131 e. The van der Waals surface area contributed by atoms with E-state index in [1.807, 2.05) is 18.7 Å². The van der Waals surface area contributed by atoms with Crippen molar-refractivity contribution in [3.63, 3.8) is 0 Å². The van der Waals surface area contributed by atoms with E-state index in [4.69, 9.17) is 5.73 Å². The molecule has 0 aliphatic carbocycles. The standard InChI is InChI=1S/C13H20N4S/c1-9-11(8-14)13(17(4)15-9)16(3)10(2)12-6-5-7-18-12/h5-7,10H,8,14H2,1-4H3. The molecular formula is C13H20N4S. The van der Waals surface area contributed by atoms with Crippen LogP contribution < -0.4 is 10.6 Å². The summed E-state index contributed by atoms with van der Waals surface area (Å²) in [7, 11) is 4.07. The number of hydrogen-bond donors (Lipinski definition) is 1. The second-order valence-electron chi connectivity index (χ2n) is 4.52. The summed E-state index contributed by atoms with van der Waals surface area (Å²) in [6, 6.07) is 4.57. The molecule has 2 rings (SSSR count). The van der Waals surface area contributed by atoms with Crippen molar-refractivity contribution in [2.45, 2.75) is 26.4 Å². The number of nitrogens with zero attached hydrogens (tertiary/aromatic N) is 3. The van der Waals surface area contributed by atoms with E-state index in [2.05, 4.69) is 41.5 Å². The van der Waals surface area contributed by atoms with Gasteiger partial charge in [-0.05, 0) is 25.3 Å². The summed E-state index contributed by atoms with van der Waals surface area (Å²) in [5, 5.41) is 6.57. The minimum absolute atomic E-state index is 0.324. The summed E-state index contributed by atoms with van der Waals surface area (Å²) >= 11 is 1.78. The van der Waals surface area contributed by atoms with Gasteiger partial charge in [-0.1, -0.05) is 6.07 Å². The minimum atomic E-state index is 0.324. The van der Waals surface area contributed by atoms with Gasteiger partial charge in [-0.25, -0.2) is 0 Å². The van der Waals surface area contributed by atoms with Crippen molar-refractivity contribution in [1.82, 2.24) is 9.78 Å². The fourth-order valence-electron chi connectivity index (χ4n) is 2.27. The highest BCUT2D eigenvalue weighted by atomic mass is 32.1. The van der Waals surface area contributed by atoms with Gasteiger partial charge < -0.3 is 10.6 Å². The van der Waals surface area contributed by atoms with Gasteiger partial charge >= 0.3 is 0 Å². The van der Waals surface area contributed by atoms with Crippen LogP contribution in [0.15, 0.2) is 17.5 Å². The first-order chi connectivity index (χ1) is 8.56. The normalized spacial score (nSPS) is 12.7. The molecular weight excluding hydrogens is 244 g/mol. The van der Waals surface area contributed by atoms with Crippen LogP contribution in [0.1, 0.15) is 29.1 Å². The third kappa shape index (κ3) is 2.15. The molecule has 0 radical (unpaired) electrons. The third-order valence-corrected chi connectivity index (χ3v) is 4.43. The van der Waals surface area contributed by atoms with Crippen LogP contribution in [0.5, 0.6) is 0 Å². The maximum absolute atomic E-state index is 5.84. The van der Waals surface area contributed by atoms with Crippen molar-refractivity contribution in [2.75, 3.05) is 11.9 Å². The Bertz CT molecular complexity index is 515. The summed E-state index contributed by atoms with van der Waals surface area (Å²) in [6.45, 7) is 4.74. The second-order valence-corrected chi connectivity index (χ2v) is 5.50. The van der Waals surface area contributed by atoms with Gasteiger partial charge in [0.2, 0.25) is 0 Å². The Kier molecular flexibility index (Phi) is 3.73. The molecule has 0 spiro atoms. The Balaban J connectivity index is 2.36. The fourth-order valence-corrected chi connectivity index (χ4v) is 3.10. The predicted octanol–water partition coefficient (Wildman–Crippen LogP) is 2.45. The lowest BCUT2D eigenvalue weighted by Crippen LogP contribution is -2.24. The number of nitrogens with two attached hydrogens (primary N) is 1. The Morgan fingerprint density at radius 1 is 1.56 bits per heavy atom. The van der Waals surface area contributed by atoms with E-state index in [-0.39, 0.29) is 0 Å². The van der Waals surface area contributed by atoms with Crippen molar-refractivity contribution in [3.05, 3.63) is 33.6 Å². The summed E-state index contributed by atoms with van der Waals surface area (Å²) in [5.74, 6) is 1.11. The van der Waals surface area contributed by atoms with E-state index in [1.165, 1.54) is 4.88 Å². The quantitative estimate of drug-likeness (QED) is 0.922. The van der Waals surface area contributed by atoms with E-state index >= 15 is 0 Å². The molecule has 18 heavy (non-hydrogen) atoms. The number of thiophene rings is 1. The first kappa shape index (κ1) is 13.1. The Morgan fingerprint density at radius 3 is 2.83 bits per heavy atom. The highest BCUT2D eigenvalue weighted by molar-refractivity contribution is 7.10. The van der Waals surface area contributed by atoms with Gasteiger partial charge in [0.1, 0.15) is 5.82 Å². The lowest BCUT2D eigenvalue weighted by molar-refractivity contribution is 0.677. The van der Waals surface area contributed by atoms with Crippen LogP contribution in [0.25, 0.3) is 0 Å². The molecule has 0 saturated carbocycles. The van der Waals surface area contributed by atoms with E-state index in [9.17, 15) is 0 Å². The average Bonchev–Trinajstić information content (AvgIpc) is 2.94. The molecule has 2 heterocycles. The molecule has 1 atom stereocenters. The molecule has 1 unspecified atom stereocenters. The zero-order valence-corrected chi connectivity index (χ0v) is 12.2. The topological polar surface area (TPSA) is 47.1 Å². The van der Waals surface area contributed by atoms with Crippen LogP contribution in [-0.4, -0.2) is 16.8 Å². The molecule has 2 aromatic rings. The molecule has 2 aromatic heterocycles. The summed E-state index contributed by atoms with van der Waals surface area (Å²) < 4.78 is 1.92. The molecule has 0 saturated heterocycles. The number of rotatable bonds is 4. The fraction of sp³-hybridized carbons (Fsp3) is 0.462. The van der Waals surface area contributed by atoms with E-state index in [1.54, 1.807) is 11.3 Å². The van der Waals surface area contributed by atoms with Crippen molar-refractivity contribution < 1.29 is 0 Å². The Labute approximate surface area is 112 Å². The van der Waals surface area contributed by atoms with Gasteiger partial charge in [-0.2, -0.15) is 5.10 Å². The highest BCUT2D eigenvalue weighted by Crippen LogP contribution is 2.31. The molecule has 0 amide bonds. The van der Waals surface area contributed by atoms with Gasteiger partial charge in [0, 0.05) is 31.1 Å². The molecule has 0 fully saturated rings. The van der Waals surface area contributed by atoms with Crippen LogP contribution in [0.3, 0.4) is 0 Å². The maximum atomic E-state index is 5.84. The van der Waals surface area contributed by atoms with E-state index in [0.29, 0.717) is 12.6 Å². The second kappa shape index (κ2) is 5.12. The van der Waals surface area contributed by atoms with E-state index < -0.39 is 0 Å². The van der Waals surface area contributed by atoms with Crippen molar-refractivity contribution in [3.8, 4) is 0 Å². The average molecular weight is 264 g/mol. The zero-order valence-electron chi connectivity index (χ0n) is 11.3. The van der Waals surface area contributed by atoms with Crippen LogP contribution in [-0.2, 0) is 13.6 Å². The van der Waals surface area contributed by atoms with E-state index in [0.717, 1.165) is 17.1 Å². The number of aryl methyl sites for hydroxylation is 2. The molecule has 0 aromatic carbocycles. The minimum Gasteiger partial charge on any atom is -0.352 e. The van der Waals surface area contributed by atoms with Crippen molar-refractivity contribution in [1.29, 1.82) is 0 Å². The first-order valence-corrected chi connectivity index (χ1v) is 6.93. The number of anilines is 1. The molecule has 5 heteroatoms. The summed E-state index contributed by atoms with van der Waals surface area (Å²) in [6.07, 6.45) is 0.